The van der Waals surface area contributed by atoms with Gasteiger partial charge < -0.3 is 10.6 Å². The number of alkyl halides is 3. The number of anilines is 2. The van der Waals surface area contributed by atoms with Crippen molar-refractivity contribution in [3.05, 3.63) is 11.8 Å². The second-order valence-electron chi connectivity index (χ2n) is 5.16. The number of nitrogen functional groups attached to an aromatic ring is 1. The van der Waals surface area contributed by atoms with Crippen molar-refractivity contribution in [2.24, 2.45) is 5.92 Å². The van der Waals surface area contributed by atoms with E-state index in [1.165, 1.54) is 0 Å². The molecular weight excluding hydrogens is 269 g/mol. The lowest BCUT2D eigenvalue weighted by molar-refractivity contribution is -0.141. The van der Waals surface area contributed by atoms with E-state index in [9.17, 15) is 13.2 Å². The van der Waals surface area contributed by atoms with Crippen molar-refractivity contribution in [2.45, 2.75) is 38.8 Å². The molecule has 0 spiro atoms. The van der Waals surface area contributed by atoms with Crippen LogP contribution in [0, 0.1) is 5.92 Å². The summed E-state index contributed by atoms with van der Waals surface area (Å²) in [5.74, 6) is 0.592. The van der Waals surface area contributed by atoms with Crippen molar-refractivity contribution in [3.63, 3.8) is 0 Å². The fourth-order valence-corrected chi connectivity index (χ4v) is 2.56. The van der Waals surface area contributed by atoms with Crippen molar-refractivity contribution >= 4 is 11.8 Å². The molecule has 1 saturated heterocycles. The molecule has 0 saturated carbocycles. The summed E-state index contributed by atoms with van der Waals surface area (Å²) in [5.41, 5.74) is 4.43. The van der Waals surface area contributed by atoms with Gasteiger partial charge in [0.1, 0.15) is 5.82 Å². The number of nitrogens with two attached hydrogens (primary N) is 1. The zero-order valence-electron chi connectivity index (χ0n) is 11.5. The topological polar surface area (TPSA) is 55.0 Å². The summed E-state index contributed by atoms with van der Waals surface area (Å²) in [6.07, 6.45) is -0.345. The lowest BCUT2D eigenvalue weighted by Crippen LogP contribution is -2.26. The van der Waals surface area contributed by atoms with Gasteiger partial charge in [-0.15, -0.1) is 0 Å². The normalized spacial score (nSPS) is 20.8. The minimum absolute atomic E-state index is 0.279. The highest BCUT2D eigenvalue weighted by Gasteiger charge is 2.34. The Labute approximate surface area is 116 Å². The first-order valence-corrected chi connectivity index (χ1v) is 6.87. The average molecular weight is 288 g/mol. The molecule has 0 bridgehead atoms. The molecular formula is C13H19F3N4. The van der Waals surface area contributed by atoms with Crippen LogP contribution in [0.4, 0.5) is 24.9 Å². The number of rotatable bonds is 2. The molecule has 20 heavy (non-hydrogen) atoms. The maximum atomic E-state index is 12.7. The molecule has 4 nitrogen and oxygen atoms in total. The second kappa shape index (κ2) is 5.85. The van der Waals surface area contributed by atoms with Crippen molar-refractivity contribution < 1.29 is 13.2 Å². The van der Waals surface area contributed by atoms with Gasteiger partial charge >= 0.3 is 6.18 Å². The number of hydrogen-bond donors (Lipinski definition) is 1. The van der Waals surface area contributed by atoms with E-state index in [0.717, 1.165) is 31.7 Å². The quantitative estimate of drug-likeness (QED) is 0.908. The standard InChI is InChI=1S/C13H19F3N4/c1-2-9-4-3-6-20(7-5-9)11-8-10(13(14,15)16)18-12(17)19-11/h8-9H,2-7H2,1H3,(H2,17,18,19). The van der Waals surface area contributed by atoms with Gasteiger partial charge in [-0.3, -0.25) is 0 Å². The van der Waals surface area contributed by atoms with Gasteiger partial charge in [-0.2, -0.15) is 18.2 Å². The Morgan fingerprint density at radius 3 is 2.70 bits per heavy atom. The van der Waals surface area contributed by atoms with E-state index < -0.39 is 11.9 Å². The Balaban J connectivity index is 2.22. The predicted octanol–water partition coefficient (Wildman–Crippen LogP) is 3.09. The fraction of sp³-hybridized carbons (Fsp3) is 0.692. The molecule has 2 rings (SSSR count). The van der Waals surface area contributed by atoms with Crippen molar-refractivity contribution in [2.75, 3.05) is 23.7 Å². The number of nitrogens with zero attached hydrogens (tertiary/aromatic N) is 3. The summed E-state index contributed by atoms with van der Waals surface area (Å²) in [5, 5.41) is 0. The average Bonchev–Trinajstić information content (AvgIpc) is 2.62. The zero-order chi connectivity index (χ0) is 14.8. The third-order valence-electron chi connectivity index (χ3n) is 3.77. The molecule has 2 heterocycles. The van der Waals surface area contributed by atoms with Crippen molar-refractivity contribution in [1.29, 1.82) is 0 Å². The van der Waals surface area contributed by atoms with Gasteiger partial charge in [0.15, 0.2) is 5.69 Å². The summed E-state index contributed by atoms with van der Waals surface area (Å²) < 4.78 is 38.2. The highest BCUT2D eigenvalue weighted by atomic mass is 19.4. The van der Waals surface area contributed by atoms with Crippen LogP contribution in [0.1, 0.15) is 38.3 Å². The van der Waals surface area contributed by atoms with Gasteiger partial charge in [-0.05, 0) is 25.2 Å². The van der Waals surface area contributed by atoms with Crippen LogP contribution < -0.4 is 10.6 Å². The van der Waals surface area contributed by atoms with Gasteiger partial charge in [0.05, 0.1) is 0 Å². The van der Waals surface area contributed by atoms with Crippen LogP contribution >= 0.6 is 0 Å². The molecule has 1 atom stereocenters. The van der Waals surface area contributed by atoms with Gasteiger partial charge in [0.25, 0.3) is 0 Å². The van der Waals surface area contributed by atoms with E-state index in [1.54, 1.807) is 0 Å². The van der Waals surface area contributed by atoms with Crippen LogP contribution in [0.15, 0.2) is 6.07 Å². The van der Waals surface area contributed by atoms with E-state index >= 15 is 0 Å². The summed E-state index contributed by atoms with van der Waals surface area (Å²) in [6.45, 7) is 3.57. The number of aromatic nitrogens is 2. The Kier molecular flexibility index (Phi) is 4.35. The molecule has 7 heteroatoms. The summed E-state index contributed by atoms with van der Waals surface area (Å²) >= 11 is 0. The molecule has 1 aromatic rings. The first kappa shape index (κ1) is 14.9. The van der Waals surface area contributed by atoms with Crippen molar-refractivity contribution in [3.8, 4) is 0 Å². The second-order valence-corrected chi connectivity index (χ2v) is 5.16. The van der Waals surface area contributed by atoms with Gasteiger partial charge in [0, 0.05) is 19.2 Å². The van der Waals surface area contributed by atoms with Gasteiger partial charge in [-0.1, -0.05) is 13.3 Å². The molecule has 1 fully saturated rings. The Bertz CT molecular complexity index is 461. The van der Waals surface area contributed by atoms with E-state index in [4.69, 9.17) is 5.73 Å². The first-order valence-electron chi connectivity index (χ1n) is 6.87. The lowest BCUT2D eigenvalue weighted by Gasteiger charge is -2.22. The van der Waals surface area contributed by atoms with Crippen LogP contribution in [0.5, 0.6) is 0 Å². The van der Waals surface area contributed by atoms with Crippen LogP contribution in [0.2, 0.25) is 0 Å². The largest absolute Gasteiger partial charge is 0.433 e. The summed E-state index contributed by atoms with van der Waals surface area (Å²) in [7, 11) is 0. The zero-order valence-corrected chi connectivity index (χ0v) is 11.5. The SMILES string of the molecule is CCC1CCCN(c2cc(C(F)(F)F)nc(N)n2)CC1. The third-order valence-corrected chi connectivity index (χ3v) is 3.77. The molecule has 1 aliphatic heterocycles. The molecule has 1 aliphatic rings. The molecule has 0 amide bonds. The lowest BCUT2D eigenvalue weighted by atomic mass is 9.98. The highest BCUT2D eigenvalue weighted by molar-refractivity contribution is 5.44. The molecule has 0 aliphatic carbocycles. The maximum Gasteiger partial charge on any atom is 0.433 e. The molecule has 2 N–H and O–H groups in total. The highest BCUT2D eigenvalue weighted by Crippen LogP contribution is 2.31. The fourth-order valence-electron chi connectivity index (χ4n) is 2.56. The van der Waals surface area contributed by atoms with Crippen LogP contribution in [0.3, 0.4) is 0 Å². The van der Waals surface area contributed by atoms with Crippen LogP contribution in [0.25, 0.3) is 0 Å². The number of halogens is 3. The Hall–Kier alpha value is -1.53. The van der Waals surface area contributed by atoms with Crippen LogP contribution in [-0.4, -0.2) is 23.1 Å². The minimum atomic E-state index is -4.50. The molecule has 1 unspecified atom stereocenters. The van der Waals surface area contributed by atoms with Gasteiger partial charge in [0.2, 0.25) is 5.95 Å². The maximum absolute atomic E-state index is 12.7. The van der Waals surface area contributed by atoms with Crippen LogP contribution in [-0.2, 0) is 6.18 Å². The minimum Gasteiger partial charge on any atom is -0.368 e. The third kappa shape index (κ3) is 3.52. The predicted molar refractivity (Wildman–Crippen MR) is 71.3 cm³/mol. The van der Waals surface area contributed by atoms with E-state index in [0.29, 0.717) is 19.0 Å². The molecule has 112 valence electrons. The van der Waals surface area contributed by atoms with Crippen molar-refractivity contribution in [1.82, 2.24) is 9.97 Å². The smallest absolute Gasteiger partial charge is 0.368 e. The van der Waals surface area contributed by atoms with Gasteiger partial charge in [-0.25, -0.2) is 4.98 Å². The number of hydrogen-bond acceptors (Lipinski definition) is 4. The van der Waals surface area contributed by atoms with E-state index in [2.05, 4.69) is 16.9 Å². The summed E-state index contributed by atoms with van der Waals surface area (Å²) in [6, 6.07) is 0.989. The van der Waals surface area contributed by atoms with E-state index in [1.807, 2.05) is 4.90 Å². The monoisotopic (exact) mass is 288 g/mol. The molecule has 0 aromatic carbocycles. The summed E-state index contributed by atoms with van der Waals surface area (Å²) in [4.78, 5) is 9.10. The molecule has 0 radical (unpaired) electrons. The molecule has 1 aromatic heterocycles. The Morgan fingerprint density at radius 2 is 2.05 bits per heavy atom. The van der Waals surface area contributed by atoms with E-state index in [-0.39, 0.29) is 11.8 Å². The Morgan fingerprint density at radius 1 is 1.30 bits per heavy atom. The first-order chi connectivity index (χ1) is 9.40.